The molecule has 1 aliphatic rings. The van der Waals surface area contributed by atoms with E-state index in [0.717, 1.165) is 17.0 Å². The average Bonchev–Trinajstić information content (AvgIpc) is 2.82. The molecule has 0 saturated carbocycles. The van der Waals surface area contributed by atoms with Crippen molar-refractivity contribution in [1.82, 2.24) is 0 Å². The van der Waals surface area contributed by atoms with Gasteiger partial charge in [0.05, 0.1) is 7.11 Å². The molecule has 4 heteroatoms. The summed E-state index contributed by atoms with van der Waals surface area (Å²) in [7, 11) is 1.63. The third-order valence-electron chi connectivity index (χ3n) is 2.94. The number of hydrogen-bond donors (Lipinski definition) is 2. The first-order valence-corrected chi connectivity index (χ1v) is 6.55. The molecule has 92 valence electrons. The number of nitrogens with one attached hydrogen (secondary N) is 1. The van der Waals surface area contributed by atoms with E-state index in [1.807, 2.05) is 24.3 Å². The number of thioether (sulfide) groups is 1. The molecule has 0 aromatic heterocycles. The van der Waals surface area contributed by atoms with Crippen LogP contribution in [0.2, 0.25) is 0 Å². The number of anilines is 1. The molecule has 0 spiro atoms. The summed E-state index contributed by atoms with van der Waals surface area (Å²) in [4.78, 5) is 1.20. The van der Waals surface area contributed by atoms with Crippen LogP contribution in [0.5, 0.6) is 11.5 Å². The highest BCUT2D eigenvalue weighted by Crippen LogP contribution is 2.48. The monoisotopic (exact) mass is 259 g/mol. The molecule has 0 radical (unpaired) electrons. The molecule has 0 bridgehead atoms. The van der Waals surface area contributed by atoms with Crippen LogP contribution in [0.1, 0.15) is 10.9 Å². The van der Waals surface area contributed by atoms with Crippen molar-refractivity contribution in [3.8, 4) is 11.5 Å². The largest absolute Gasteiger partial charge is 0.508 e. The number of methoxy groups -OCH3 is 1. The van der Waals surface area contributed by atoms with Gasteiger partial charge in [0.25, 0.3) is 0 Å². The van der Waals surface area contributed by atoms with Gasteiger partial charge in [-0.3, -0.25) is 0 Å². The lowest BCUT2D eigenvalue weighted by molar-refractivity contribution is 0.411. The Bertz CT molecular complexity index is 561. The van der Waals surface area contributed by atoms with Crippen molar-refractivity contribution in [1.29, 1.82) is 0 Å². The molecule has 0 saturated heterocycles. The fourth-order valence-corrected chi connectivity index (χ4v) is 3.16. The van der Waals surface area contributed by atoms with Crippen LogP contribution < -0.4 is 10.1 Å². The van der Waals surface area contributed by atoms with Gasteiger partial charge in [0.2, 0.25) is 0 Å². The van der Waals surface area contributed by atoms with Crippen LogP contribution in [-0.4, -0.2) is 12.2 Å². The molecule has 18 heavy (non-hydrogen) atoms. The van der Waals surface area contributed by atoms with Crippen molar-refractivity contribution >= 4 is 17.4 Å². The molecule has 1 aliphatic heterocycles. The molecule has 3 nitrogen and oxygen atoms in total. The molecular formula is C14H13NO2S. The van der Waals surface area contributed by atoms with Crippen LogP contribution in [0, 0.1) is 0 Å². The Balaban J connectivity index is 1.94. The Hall–Kier alpha value is -1.81. The van der Waals surface area contributed by atoms with Gasteiger partial charge >= 0.3 is 0 Å². The lowest BCUT2D eigenvalue weighted by Crippen LogP contribution is -2.01. The second kappa shape index (κ2) is 4.46. The highest BCUT2D eigenvalue weighted by atomic mass is 32.2. The van der Waals surface area contributed by atoms with Crippen molar-refractivity contribution in [3.05, 3.63) is 48.0 Å². The van der Waals surface area contributed by atoms with E-state index in [0.29, 0.717) is 0 Å². The predicted octanol–water partition coefficient (Wildman–Crippen LogP) is 3.62. The maximum Gasteiger partial charge on any atom is 0.122 e. The SMILES string of the molecule is COc1ccc(O)c([C@@H]2Nc3ccccc3S2)c1. The number of hydrogen-bond acceptors (Lipinski definition) is 4. The summed E-state index contributed by atoms with van der Waals surface area (Å²) in [5.74, 6) is 1.04. The summed E-state index contributed by atoms with van der Waals surface area (Å²) >= 11 is 1.70. The van der Waals surface area contributed by atoms with E-state index in [-0.39, 0.29) is 11.1 Å². The van der Waals surface area contributed by atoms with E-state index in [9.17, 15) is 5.11 Å². The molecule has 0 amide bonds. The standard InChI is InChI=1S/C14H13NO2S/c1-17-9-6-7-12(16)10(8-9)14-15-11-4-2-3-5-13(11)18-14/h2-8,14-16H,1H3/t14-/m1/s1. The summed E-state index contributed by atoms with van der Waals surface area (Å²) < 4.78 is 5.20. The minimum Gasteiger partial charge on any atom is -0.508 e. The molecule has 3 rings (SSSR count). The molecule has 2 aromatic rings. The zero-order chi connectivity index (χ0) is 12.5. The Labute approximate surface area is 110 Å². The normalized spacial score (nSPS) is 17.1. The maximum atomic E-state index is 9.96. The first kappa shape index (κ1) is 11.3. The smallest absolute Gasteiger partial charge is 0.122 e. The second-order valence-electron chi connectivity index (χ2n) is 4.06. The number of para-hydroxylation sites is 1. The van der Waals surface area contributed by atoms with Crippen molar-refractivity contribution < 1.29 is 9.84 Å². The van der Waals surface area contributed by atoms with E-state index in [2.05, 4.69) is 11.4 Å². The number of ether oxygens (including phenoxy) is 1. The van der Waals surface area contributed by atoms with Gasteiger partial charge in [-0.15, -0.1) is 0 Å². The Kier molecular flexibility index (Phi) is 2.80. The second-order valence-corrected chi connectivity index (χ2v) is 5.21. The first-order chi connectivity index (χ1) is 8.78. The maximum absolute atomic E-state index is 9.96. The summed E-state index contributed by atoms with van der Waals surface area (Å²) in [5.41, 5.74) is 1.95. The Morgan fingerprint density at radius 3 is 2.83 bits per heavy atom. The molecule has 2 aromatic carbocycles. The lowest BCUT2D eigenvalue weighted by atomic mass is 10.2. The average molecular weight is 259 g/mol. The van der Waals surface area contributed by atoms with Crippen LogP contribution in [0.25, 0.3) is 0 Å². The fourth-order valence-electron chi connectivity index (χ4n) is 2.00. The Morgan fingerprint density at radius 1 is 1.22 bits per heavy atom. The lowest BCUT2D eigenvalue weighted by Gasteiger charge is -2.13. The van der Waals surface area contributed by atoms with E-state index in [4.69, 9.17) is 4.74 Å². The first-order valence-electron chi connectivity index (χ1n) is 5.67. The van der Waals surface area contributed by atoms with Crippen LogP contribution in [0.4, 0.5) is 5.69 Å². The van der Waals surface area contributed by atoms with Gasteiger partial charge in [-0.05, 0) is 30.3 Å². The topological polar surface area (TPSA) is 41.5 Å². The molecule has 1 heterocycles. The molecule has 0 fully saturated rings. The predicted molar refractivity (Wildman–Crippen MR) is 73.3 cm³/mol. The van der Waals surface area contributed by atoms with Gasteiger partial charge < -0.3 is 15.2 Å². The van der Waals surface area contributed by atoms with Crippen LogP contribution in [-0.2, 0) is 0 Å². The zero-order valence-electron chi connectivity index (χ0n) is 9.88. The molecular weight excluding hydrogens is 246 g/mol. The summed E-state index contributed by atoms with van der Waals surface area (Å²) in [5, 5.41) is 13.4. The van der Waals surface area contributed by atoms with E-state index >= 15 is 0 Å². The minimum atomic E-state index is 0.0255. The summed E-state index contributed by atoms with van der Waals surface area (Å²) in [6.07, 6.45) is 0. The van der Waals surface area contributed by atoms with E-state index < -0.39 is 0 Å². The number of fused-ring (bicyclic) bond motifs is 1. The highest BCUT2D eigenvalue weighted by Gasteiger charge is 2.24. The van der Waals surface area contributed by atoms with Crippen molar-refractivity contribution in [2.75, 3.05) is 12.4 Å². The van der Waals surface area contributed by atoms with E-state index in [1.165, 1.54) is 4.90 Å². The third-order valence-corrected chi connectivity index (χ3v) is 4.15. The molecule has 0 unspecified atom stereocenters. The van der Waals surface area contributed by atoms with Crippen molar-refractivity contribution in [3.63, 3.8) is 0 Å². The highest BCUT2D eigenvalue weighted by molar-refractivity contribution is 8.00. The van der Waals surface area contributed by atoms with Gasteiger partial charge in [-0.1, -0.05) is 23.9 Å². The zero-order valence-corrected chi connectivity index (χ0v) is 10.7. The van der Waals surface area contributed by atoms with Crippen LogP contribution >= 0.6 is 11.8 Å². The van der Waals surface area contributed by atoms with Gasteiger partial charge in [0.15, 0.2) is 0 Å². The molecule has 2 N–H and O–H groups in total. The quantitative estimate of drug-likeness (QED) is 0.864. The number of aromatic hydroxyl groups is 1. The Morgan fingerprint density at radius 2 is 2.06 bits per heavy atom. The van der Waals surface area contributed by atoms with Gasteiger partial charge in [-0.2, -0.15) is 0 Å². The summed E-state index contributed by atoms with van der Waals surface area (Å²) in [6, 6.07) is 13.4. The molecule has 1 atom stereocenters. The number of rotatable bonds is 2. The van der Waals surface area contributed by atoms with Crippen molar-refractivity contribution in [2.45, 2.75) is 10.3 Å². The van der Waals surface area contributed by atoms with Gasteiger partial charge in [-0.25, -0.2) is 0 Å². The minimum absolute atomic E-state index is 0.0255. The van der Waals surface area contributed by atoms with Crippen LogP contribution in [0.3, 0.4) is 0 Å². The van der Waals surface area contributed by atoms with Crippen LogP contribution in [0.15, 0.2) is 47.4 Å². The van der Waals surface area contributed by atoms with E-state index in [1.54, 1.807) is 31.0 Å². The molecule has 0 aliphatic carbocycles. The number of benzene rings is 2. The van der Waals surface area contributed by atoms with Gasteiger partial charge in [0, 0.05) is 16.1 Å². The third kappa shape index (κ3) is 1.88. The van der Waals surface area contributed by atoms with Gasteiger partial charge in [0.1, 0.15) is 16.9 Å². The van der Waals surface area contributed by atoms with Crippen molar-refractivity contribution in [2.24, 2.45) is 0 Å². The number of phenolic OH excluding ortho intramolecular Hbond substituents is 1. The summed E-state index contributed by atoms with van der Waals surface area (Å²) in [6.45, 7) is 0. The number of phenols is 1. The fraction of sp³-hybridized carbons (Fsp3) is 0.143.